The predicted octanol–water partition coefficient (Wildman–Crippen LogP) is 4.77. The summed E-state index contributed by atoms with van der Waals surface area (Å²) in [5.41, 5.74) is 2.29. The molecule has 2 aromatic rings. The summed E-state index contributed by atoms with van der Waals surface area (Å²) < 4.78 is 4.82. The third kappa shape index (κ3) is 5.81. The van der Waals surface area contributed by atoms with Gasteiger partial charge in [-0.1, -0.05) is 44.2 Å². The van der Waals surface area contributed by atoms with Crippen LogP contribution in [0.2, 0.25) is 0 Å². The molecule has 2 rings (SSSR count). The third-order valence-corrected chi connectivity index (χ3v) is 3.78. The van der Waals surface area contributed by atoms with Crippen LogP contribution in [0.3, 0.4) is 0 Å². The number of amides is 3. The first-order chi connectivity index (χ1) is 12.5. The van der Waals surface area contributed by atoms with Crippen molar-refractivity contribution in [3.05, 3.63) is 60.2 Å². The molecule has 26 heavy (non-hydrogen) atoms. The smallest absolute Gasteiger partial charge is 0.411 e. The van der Waals surface area contributed by atoms with Gasteiger partial charge in [0.15, 0.2) is 0 Å². The van der Waals surface area contributed by atoms with Crippen molar-refractivity contribution in [3.63, 3.8) is 0 Å². The Bertz CT molecular complexity index is 715. The zero-order valence-corrected chi connectivity index (χ0v) is 15.3. The molecule has 0 bridgehead atoms. The second kappa shape index (κ2) is 9.46. The van der Waals surface area contributed by atoms with Crippen LogP contribution in [0.5, 0.6) is 0 Å². The standard InChI is InChI=1S/C20H25N3O3/c1-4-26-20(25)22-17-12-10-16(11-13-17)21-19(24)23-18(14(2)3)15-8-6-5-7-9-15/h5-14,18H,4H2,1-3H3,(H,22,25)(H2,21,23,24). The highest BCUT2D eigenvalue weighted by Gasteiger charge is 2.18. The first-order valence-electron chi connectivity index (χ1n) is 8.66. The van der Waals surface area contributed by atoms with E-state index in [0.717, 1.165) is 5.56 Å². The van der Waals surface area contributed by atoms with E-state index in [-0.39, 0.29) is 18.0 Å². The number of nitrogens with one attached hydrogen (secondary N) is 3. The molecule has 0 saturated carbocycles. The summed E-state index contributed by atoms with van der Waals surface area (Å²) in [6.07, 6.45) is -0.506. The molecule has 6 heteroatoms. The molecule has 6 nitrogen and oxygen atoms in total. The van der Waals surface area contributed by atoms with Gasteiger partial charge in [-0.15, -0.1) is 0 Å². The van der Waals surface area contributed by atoms with Crippen molar-refractivity contribution in [2.24, 2.45) is 5.92 Å². The van der Waals surface area contributed by atoms with Crippen LogP contribution in [0.15, 0.2) is 54.6 Å². The average molecular weight is 355 g/mol. The van der Waals surface area contributed by atoms with Gasteiger partial charge in [-0.3, -0.25) is 5.32 Å². The van der Waals surface area contributed by atoms with Gasteiger partial charge in [0.1, 0.15) is 0 Å². The van der Waals surface area contributed by atoms with Crippen molar-refractivity contribution in [2.75, 3.05) is 17.2 Å². The van der Waals surface area contributed by atoms with E-state index in [9.17, 15) is 9.59 Å². The van der Waals surface area contributed by atoms with Crippen LogP contribution < -0.4 is 16.0 Å². The van der Waals surface area contributed by atoms with Gasteiger partial charge in [-0.05, 0) is 42.7 Å². The van der Waals surface area contributed by atoms with Crippen LogP contribution in [-0.2, 0) is 4.74 Å². The minimum atomic E-state index is -0.506. The van der Waals surface area contributed by atoms with E-state index in [1.807, 2.05) is 30.3 Å². The lowest BCUT2D eigenvalue weighted by atomic mass is 9.96. The van der Waals surface area contributed by atoms with Crippen LogP contribution in [0.1, 0.15) is 32.4 Å². The van der Waals surface area contributed by atoms with Crippen molar-refractivity contribution in [3.8, 4) is 0 Å². The fourth-order valence-corrected chi connectivity index (χ4v) is 2.53. The van der Waals surface area contributed by atoms with E-state index < -0.39 is 6.09 Å². The average Bonchev–Trinajstić information content (AvgIpc) is 2.62. The molecular weight excluding hydrogens is 330 g/mol. The Labute approximate surface area is 153 Å². The van der Waals surface area contributed by atoms with E-state index in [1.54, 1.807) is 31.2 Å². The fraction of sp³-hybridized carbons (Fsp3) is 0.300. The summed E-state index contributed by atoms with van der Waals surface area (Å²) in [5, 5.41) is 8.42. The number of rotatable bonds is 6. The Morgan fingerprint density at radius 2 is 1.50 bits per heavy atom. The second-order valence-corrected chi connectivity index (χ2v) is 6.15. The Kier molecular flexibility index (Phi) is 7.02. The lowest BCUT2D eigenvalue weighted by molar-refractivity contribution is 0.168. The number of hydrogen-bond acceptors (Lipinski definition) is 3. The third-order valence-electron chi connectivity index (χ3n) is 3.78. The predicted molar refractivity (Wildman–Crippen MR) is 103 cm³/mol. The van der Waals surface area contributed by atoms with Crippen LogP contribution in [-0.4, -0.2) is 18.7 Å². The SMILES string of the molecule is CCOC(=O)Nc1ccc(NC(=O)NC(c2ccccc2)C(C)C)cc1. The zero-order valence-electron chi connectivity index (χ0n) is 15.3. The van der Waals surface area contributed by atoms with Gasteiger partial charge in [0.25, 0.3) is 0 Å². The zero-order chi connectivity index (χ0) is 18.9. The number of carbonyl (C=O) groups is 2. The summed E-state index contributed by atoms with van der Waals surface area (Å²) in [7, 11) is 0. The Balaban J connectivity index is 1.95. The molecule has 0 radical (unpaired) electrons. The Morgan fingerprint density at radius 1 is 0.923 bits per heavy atom. The summed E-state index contributed by atoms with van der Waals surface area (Å²) in [4.78, 5) is 23.7. The molecular formula is C20H25N3O3. The molecule has 0 fully saturated rings. The summed E-state index contributed by atoms with van der Waals surface area (Å²) in [6.45, 7) is 6.18. The van der Waals surface area contributed by atoms with Gasteiger partial charge < -0.3 is 15.4 Å². The second-order valence-electron chi connectivity index (χ2n) is 6.15. The van der Waals surface area contributed by atoms with E-state index in [1.165, 1.54) is 0 Å². The summed E-state index contributed by atoms with van der Waals surface area (Å²) in [5.74, 6) is 0.249. The van der Waals surface area contributed by atoms with Crippen LogP contribution in [0, 0.1) is 5.92 Å². The molecule has 1 atom stereocenters. The molecule has 0 aliphatic carbocycles. The number of benzene rings is 2. The largest absolute Gasteiger partial charge is 0.450 e. The van der Waals surface area contributed by atoms with Gasteiger partial charge in [0.2, 0.25) is 0 Å². The van der Waals surface area contributed by atoms with E-state index in [4.69, 9.17) is 4.74 Å². The van der Waals surface area contributed by atoms with Crippen molar-refractivity contribution in [2.45, 2.75) is 26.8 Å². The lowest BCUT2D eigenvalue weighted by Gasteiger charge is -2.23. The highest BCUT2D eigenvalue weighted by molar-refractivity contribution is 5.90. The van der Waals surface area contributed by atoms with E-state index in [0.29, 0.717) is 18.0 Å². The summed E-state index contributed by atoms with van der Waals surface area (Å²) >= 11 is 0. The van der Waals surface area contributed by atoms with Crippen molar-refractivity contribution in [1.29, 1.82) is 0 Å². The summed E-state index contributed by atoms with van der Waals surface area (Å²) in [6, 6.07) is 16.3. The molecule has 138 valence electrons. The number of carbonyl (C=O) groups excluding carboxylic acids is 2. The van der Waals surface area contributed by atoms with Gasteiger partial charge >= 0.3 is 12.1 Å². The Morgan fingerprint density at radius 3 is 2.04 bits per heavy atom. The minimum absolute atomic E-state index is 0.0825. The molecule has 0 spiro atoms. The highest BCUT2D eigenvalue weighted by atomic mass is 16.5. The van der Waals surface area contributed by atoms with Crippen molar-refractivity contribution >= 4 is 23.5 Å². The van der Waals surface area contributed by atoms with Gasteiger partial charge in [-0.2, -0.15) is 0 Å². The number of anilines is 2. The maximum Gasteiger partial charge on any atom is 0.411 e. The fourth-order valence-electron chi connectivity index (χ4n) is 2.53. The normalized spacial score (nSPS) is 11.5. The maximum absolute atomic E-state index is 12.3. The molecule has 3 N–H and O–H groups in total. The lowest BCUT2D eigenvalue weighted by Crippen LogP contribution is -2.35. The van der Waals surface area contributed by atoms with Crippen molar-refractivity contribution < 1.29 is 14.3 Å². The molecule has 0 heterocycles. The van der Waals surface area contributed by atoms with E-state index >= 15 is 0 Å². The molecule has 3 amide bonds. The van der Waals surface area contributed by atoms with Crippen LogP contribution >= 0.6 is 0 Å². The number of ether oxygens (including phenoxy) is 1. The Hall–Kier alpha value is -3.02. The maximum atomic E-state index is 12.3. The number of hydrogen-bond donors (Lipinski definition) is 3. The molecule has 0 saturated heterocycles. The highest BCUT2D eigenvalue weighted by Crippen LogP contribution is 2.21. The van der Waals surface area contributed by atoms with Gasteiger partial charge in [0.05, 0.1) is 12.6 Å². The molecule has 0 aliphatic rings. The molecule has 1 unspecified atom stereocenters. The van der Waals surface area contributed by atoms with Gasteiger partial charge in [-0.25, -0.2) is 9.59 Å². The monoisotopic (exact) mass is 355 g/mol. The molecule has 2 aromatic carbocycles. The van der Waals surface area contributed by atoms with Crippen molar-refractivity contribution in [1.82, 2.24) is 5.32 Å². The quantitative estimate of drug-likeness (QED) is 0.698. The minimum Gasteiger partial charge on any atom is -0.450 e. The number of urea groups is 1. The first-order valence-corrected chi connectivity index (χ1v) is 8.66. The molecule has 0 aliphatic heterocycles. The molecule has 0 aromatic heterocycles. The topological polar surface area (TPSA) is 79.5 Å². The van der Waals surface area contributed by atoms with E-state index in [2.05, 4.69) is 29.8 Å². The van der Waals surface area contributed by atoms with Crippen LogP contribution in [0.25, 0.3) is 0 Å². The first kappa shape index (κ1) is 19.3. The van der Waals surface area contributed by atoms with Crippen LogP contribution in [0.4, 0.5) is 21.0 Å². The van der Waals surface area contributed by atoms with Gasteiger partial charge in [0, 0.05) is 11.4 Å².